The molecule has 0 fully saturated rings. The number of nitrogens with zero attached hydrogens (tertiary/aromatic N) is 3. The second kappa shape index (κ2) is 4.59. The van der Waals surface area contributed by atoms with Crippen LogP contribution in [0.15, 0.2) is 12.7 Å². The molecule has 0 aromatic carbocycles. The van der Waals surface area contributed by atoms with Crippen molar-refractivity contribution >= 4 is 5.97 Å². The van der Waals surface area contributed by atoms with Gasteiger partial charge in [0.25, 0.3) is 0 Å². The molecule has 1 N–H and O–H groups in total. The first-order valence-corrected chi connectivity index (χ1v) is 4.25. The van der Waals surface area contributed by atoms with E-state index in [0.29, 0.717) is 6.42 Å². The number of aryl methyl sites for hydroxylation is 1. The Hall–Kier alpha value is -1.39. The molecule has 13 heavy (non-hydrogen) atoms. The zero-order valence-electron chi connectivity index (χ0n) is 7.55. The normalized spacial score (nSPS) is 12.7. The Labute approximate surface area is 76.4 Å². The zero-order chi connectivity index (χ0) is 9.68. The van der Waals surface area contributed by atoms with Crippen LogP contribution in [0.3, 0.4) is 0 Å². The Balaban J connectivity index is 2.18. The molecule has 1 atom stereocenters. The summed E-state index contributed by atoms with van der Waals surface area (Å²) in [6.45, 7) is 2.50. The number of carboxylic acid groups (broad SMARTS) is 1. The van der Waals surface area contributed by atoms with Gasteiger partial charge in [-0.05, 0) is 12.8 Å². The summed E-state index contributed by atoms with van der Waals surface area (Å²) in [6.07, 6.45) is 4.79. The molecule has 0 saturated carbocycles. The van der Waals surface area contributed by atoms with Gasteiger partial charge >= 0.3 is 5.97 Å². The highest BCUT2D eigenvalue weighted by Crippen LogP contribution is 2.06. The number of hydrogen-bond acceptors (Lipinski definition) is 3. The summed E-state index contributed by atoms with van der Waals surface area (Å²) in [5, 5.41) is 15.9. The van der Waals surface area contributed by atoms with Crippen LogP contribution in [-0.2, 0) is 11.3 Å². The van der Waals surface area contributed by atoms with Crippen LogP contribution >= 0.6 is 0 Å². The monoisotopic (exact) mass is 183 g/mol. The van der Waals surface area contributed by atoms with Gasteiger partial charge in [-0.3, -0.25) is 4.79 Å². The van der Waals surface area contributed by atoms with Crippen molar-refractivity contribution in [3.63, 3.8) is 0 Å². The van der Waals surface area contributed by atoms with Gasteiger partial charge in [0, 0.05) is 6.54 Å². The van der Waals surface area contributed by atoms with Crippen molar-refractivity contribution in [2.24, 2.45) is 5.92 Å². The molecule has 1 rings (SSSR count). The van der Waals surface area contributed by atoms with Crippen LogP contribution in [0.4, 0.5) is 0 Å². The van der Waals surface area contributed by atoms with Crippen molar-refractivity contribution in [3.05, 3.63) is 12.7 Å². The number of aliphatic carboxylic acids is 1. The van der Waals surface area contributed by atoms with Crippen molar-refractivity contribution in [2.75, 3.05) is 0 Å². The molecule has 72 valence electrons. The molecular formula is C8H13N3O2. The molecule has 5 nitrogen and oxygen atoms in total. The van der Waals surface area contributed by atoms with Gasteiger partial charge in [0.15, 0.2) is 0 Å². The number of carboxylic acids is 1. The van der Waals surface area contributed by atoms with Crippen LogP contribution in [0.1, 0.15) is 19.8 Å². The van der Waals surface area contributed by atoms with Crippen LogP contribution in [0, 0.1) is 5.92 Å². The molecule has 0 aliphatic carbocycles. The van der Waals surface area contributed by atoms with E-state index < -0.39 is 5.97 Å². The molecule has 0 aliphatic rings. The predicted molar refractivity (Wildman–Crippen MR) is 46.1 cm³/mol. The summed E-state index contributed by atoms with van der Waals surface area (Å²) in [4.78, 5) is 10.5. The molecule has 1 aromatic rings. The van der Waals surface area contributed by atoms with E-state index in [9.17, 15) is 4.79 Å². The average Bonchev–Trinajstić information content (AvgIpc) is 2.56. The standard InChI is InChI=1S/C8H13N3O2/c1-7(8(12)13)3-2-4-11-5-9-10-6-11/h5-7H,2-4H2,1H3,(H,12,13). The Bertz CT molecular complexity index is 258. The second-order valence-electron chi connectivity index (χ2n) is 3.08. The fourth-order valence-electron chi connectivity index (χ4n) is 1.04. The topological polar surface area (TPSA) is 68.0 Å². The molecule has 0 radical (unpaired) electrons. The minimum atomic E-state index is -0.733. The van der Waals surface area contributed by atoms with Gasteiger partial charge in [-0.2, -0.15) is 0 Å². The highest BCUT2D eigenvalue weighted by Gasteiger charge is 2.09. The molecule has 0 saturated heterocycles. The van der Waals surface area contributed by atoms with E-state index in [4.69, 9.17) is 5.11 Å². The lowest BCUT2D eigenvalue weighted by Crippen LogP contribution is -2.10. The van der Waals surface area contributed by atoms with Gasteiger partial charge in [0.05, 0.1) is 5.92 Å². The third-order valence-corrected chi connectivity index (χ3v) is 1.94. The maximum atomic E-state index is 10.5. The fourth-order valence-corrected chi connectivity index (χ4v) is 1.04. The van der Waals surface area contributed by atoms with Crippen LogP contribution in [0.5, 0.6) is 0 Å². The maximum absolute atomic E-state index is 10.5. The van der Waals surface area contributed by atoms with E-state index in [2.05, 4.69) is 10.2 Å². The quantitative estimate of drug-likeness (QED) is 0.732. The summed E-state index contributed by atoms with van der Waals surface area (Å²) < 4.78 is 1.84. The lowest BCUT2D eigenvalue weighted by Gasteiger charge is -2.05. The van der Waals surface area contributed by atoms with Crippen molar-refractivity contribution in [2.45, 2.75) is 26.3 Å². The van der Waals surface area contributed by atoms with Crippen molar-refractivity contribution in [1.82, 2.24) is 14.8 Å². The highest BCUT2D eigenvalue weighted by molar-refractivity contribution is 5.69. The van der Waals surface area contributed by atoms with Gasteiger partial charge in [-0.25, -0.2) is 0 Å². The van der Waals surface area contributed by atoms with Crippen LogP contribution < -0.4 is 0 Å². The summed E-state index contributed by atoms with van der Waals surface area (Å²) in [5.74, 6) is -1.000. The molecule has 1 aromatic heterocycles. The molecule has 0 spiro atoms. The first kappa shape index (κ1) is 9.70. The van der Waals surface area contributed by atoms with E-state index in [1.165, 1.54) is 0 Å². The summed E-state index contributed by atoms with van der Waals surface area (Å²) in [5.41, 5.74) is 0. The molecule has 0 amide bonds. The number of hydrogen-bond donors (Lipinski definition) is 1. The first-order chi connectivity index (χ1) is 6.20. The van der Waals surface area contributed by atoms with Crippen LogP contribution in [0.25, 0.3) is 0 Å². The Kier molecular flexibility index (Phi) is 3.42. The van der Waals surface area contributed by atoms with Crippen molar-refractivity contribution < 1.29 is 9.90 Å². The summed E-state index contributed by atoms with van der Waals surface area (Å²) in [6, 6.07) is 0. The van der Waals surface area contributed by atoms with E-state index in [1.54, 1.807) is 19.6 Å². The average molecular weight is 183 g/mol. The van der Waals surface area contributed by atoms with E-state index in [1.807, 2.05) is 4.57 Å². The molecule has 0 bridgehead atoms. The molecule has 1 heterocycles. The first-order valence-electron chi connectivity index (χ1n) is 4.25. The van der Waals surface area contributed by atoms with Gasteiger partial charge in [0.2, 0.25) is 0 Å². The van der Waals surface area contributed by atoms with Gasteiger partial charge < -0.3 is 9.67 Å². The molecule has 0 aliphatic heterocycles. The number of carbonyl (C=O) groups is 1. The SMILES string of the molecule is CC(CCCn1cnnc1)C(=O)O. The minimum Gasteiger partial charge on any atom is -0.481 e. The Morgan fingerprint density at radius 1 is 1.54 bits per heavy atom. The fraction of sp³-hybridized carbons (Fsp3) is 0.625. The summed E-state index contributed by atoms with van der Waals surface area (Å²) >= 11 is 0. The van der Waals surface area contributed by atoms with Gasteiger partial charge in [-0.15, -0.1) is 10.2 Å². The zero-order valence-corrected chi connectivity index (χ0v) is 7.55. The number of aromatic nitrogens is 3. The van der Waals surface area contributed by atoms with Gasteiger partial charge in [0.1, 0.15) is 12.7 Å². The largest absolute Gasteiger partial charge is 0.481 e. The maximum Gasteiger partial charge on any atom is 0.306 e. The lowest BCUT2D eigenvalue weighted by molar-refractivity contribution is -0.141. The van der Waals surface area contributed by atoms with Gasteiger partial charge in [-0.1, -0.05) is 6.92 Å². The van der Waals surface area contributed by atoms with Crippen LogP contribution in [0.2, 0.25) is 0 Å². The predicted octanol–water partition coefficient (Wildman–Crippen LogP) is 0.779. The van der Waals surface area contributed by atoms with Crippen LogP contribution in [-0.4, -0.2) is 25.8 Å². The van der Waals surface area contributed by atoms with E-state index >= 15 is 0 Å². The summed E-state index contributed by atoms with van der Waals surface area (Å²) in [7, 11) is 0. The minimum absolute atomic E-state index is 0.267. The molecule has 5 heteroatoms. The number of rotatable bonds is 5. The third-order valence-electron chi connectivity index (χ3n) is 1.94. The Morgan fingerprint density at radius 3 is 2.69 bits per heavy atom. The second-order valence-corrected chi connectivity index (χ2v) is 3.08. The van der Waals surface area contributed by atoms with Crippen molar-refractivity contribution in [3.8, 4) is 0 Å². The van der Waals surface area contributed by atoms with E-state index in [-0.39, 0.29) is 5.92 Å². The van der Waals surface area contributed by atoms with Crippen molar-refractivity contribution in [1.29, 1.82) is 0 Å². The highest BCUT2D eigenvalue weighted by atomic mass is 16.4. The lowest BCUT2D eigenvalue weighted by atomic mass is 10.1. The van der Waals surface area contributed by atoms with E-state index in [0.717, 1.165) is 13.0 Å². The molecular weight excluding hydrogens is 170 g/mol. The Morgan fingerprint density at radius 2 is 2.15 bits per heavy atom. The third kappa shape index (κ3) is 3.23. The molecule has 1 unspecified atom stereocenters. The smallest absolute Gasteiger partial charge is 0.306 e.